The van der Waals surface area contributed by atoms with Crippen LogP contribution >= 0.6 is 11.3 Å². The van der Waals surface area contributed by atoms with Gasteiger partial charge in [0.2, 0.25) is 5.91 Å². The van der Waals surface area contributed by atoms with Crippen LogP contribution in [0.25, 0.3) is 0 Å². The molecule has 1 aromatic heterocycles. The summed E-state index contributed by atoms with van der Waals surface area (Å²) in [6, 6.07) is 5.90. The average molecular weight is 485 g/mol. The monoisotopic (exact) mass is 484 g/mol. The van der Waals surface area contributed by atoms with Gasteiger partial charge in [-0.3, -0.25) is 9.59 Å². The standard InChI is InChI=1S/C26H29FN2O4S/c1-3-33-24(31)20-14(2)21(22(30)28-19-7-5-4-6-18(19)27)34-23(20)29-25(32)26-11-15-8-16(12-26)10-17(9-15)13-26/h4-7,15-17H,3,8-13H2,1-2H3,(H,28,30)(H,29,32). The fourth-order valence-electron chi connectivity index (χ4n) is 6.63. The highest BCUT2D eigenvalue weighted by molar-refractivity contribution is 7.19. The number of amides is 2. The Balaban J connectivity index is 1.44. The molecule has 1 aromatic carbocycles. The van der Waals surface area contributed by atoms with Crippen molar-refractivity contribution in [2.75, 3.05) is 17.2 Å². The van der Waals surface area contributed by atoms with Crippen LogP contribution < -0.4 is 10.6 Å². The third-order valence-corrected chi connectivity index (χ3v) is 8.91. The van der Waals surface area contributed by atoms with Crippen molar-refractivity contribution in [2.45, 2.75) is 52.4 Å². The zero-order chi connectivity index (χ0) is 24.0. The third kappa shape index (κ3) is 4.02. The maximum Gasteiger partial charge on any atom is 0.341 e. The molecule has 6 nitrogen and oxygen atoms in total. The van der Waals surface area contributed by atoms with Crippen LogP contribution in [0.4, 0.5) is 15.1 Å². The molecule has 2 aromatic rings. The van der Waals surface area contributed by atoms with E-state index in [1.807, 2.05) is 0 Å². The number of thiophene rings is 1. The summed E-state index contributed by atoms with van der Waals surface area (Å²) in [5.74, 6) is 0.0945. The number of halogens is 1. The van der Waals surface area contributed by atoms with Crippen molar-refractivity contribution in [2.24, 2.45) is 23.2 Å². The Hall–Kier alpha value is -2.74. The number of esters is 1. The van der Waals surface area contributed by atoms with Gasteiger partial charge in [0.25, 0.3) is 5.91 Å². The Morgan fingerprint density at radius 1 is 1.06 bits per heavy atom. The van der Waals surface area contributed by atoms with Gasteiger partial charge in [0.1, 0.15) is 10.8 Å². The Labute approximate surface area is 202 Å². The summed E-state index contributed by atoms with van der Waals surface area (Å²) < 4.78 is 19.3. The second-order valence-electron chi connectivity index (χ2n) is 10.1. The molecule has 4 fully saturated rings. The Morgan fingerprint density at radius 2 is 1.68 bits per heavy atom. The summed E-state index contributed by atoms with van der Waals surface area (Å²) >= 11 is 1.04. The highest BCUT2D eigenvalue weighted by Gasteiger charge is 2.54. The zero-order valence-electron chi connectivity index (χ0n) is 19.4. The van der Waals surface area contributed by atoms with Crippen molar-refractivity contribution in [3.63, 3.8) is 0 Å². The van der Waals surface area contributed by atoms with Gasteiger partial charge >= 0.3 is 5.97 Å². The molecule has 6 rings (SSSR count). The lowest BCUT2D eigenvalue weighted by Gasteiger charge is -2.55. The van der Waals surface area contributed by atoms with E-state index in [-0.39, 0.29) is 28.6 Å². The fourth-order valence-corrected chi connectivity index (χ4v) is 7.72. The van der Waals surface area contributed by atoms with E-state index in [9.17, 15) is 18.8 Å². The molecule has 34 heavy (non-hydrogen) atoms. The largest absolute Gasteiger partial charge is 0.462 e. The number of para-hydroxylation sites is 1. The van der Waals surface area contributed by atoms with Gasteiger partial charge in [-0.1, -0.05) is 12.1 Å². The number of anilines is 2. The summed E-state index contributed by atoms with van der Waals surface area (Å²) in [6.07, 6.45) is 6.34. The van der Waals surface area contributed by atoms with Crippen LogP contribution in [0.3, 0.4) is 0 Å². The van der Waals surface area contributed by atoms with Crippen molar-refractivity contribution in [1.29, 1.82) is 0 Å². The third-order valence-electron chi connectivity index (χ3n) is 7.70. The average Bonchev–Trinajstić information content (AvgIpc) is 3.10. The minimum Gasteiger partial charge on any atom is -0.462 e. The van der Waals surface area contributed by atoms with Gasteiger partial charge in [0.05, 0.1) is 28.1 Å². The smallest absolute Gasteiger partial charge is 0.341 e. The van der Waals surface area contributed by atoms with Crippen LogP contribution in [0.5, 0.6) is 0 Å². The van der Waals surface area contributed by atoms with Crippen LogP contribution in [0.1, 0.15) is 71.0 Å². The van der Waals surface area contributed by atoms with Crippen molar-refractivity contribution in [3.8, 4) is 0 Å². The maximum absolute atomic E-state index is 14.1. The summed E-state index contributed by atoms with van der Waals surface area (Å²) in [4.78, 5) is 39.7. The number of nitrogens with one attached hydrogen (secondary N) is 2. The quantitative estimate of drug-likeness (QED) is 0.509. The minimum absolute atomic E-state index is 0.0529. The van der Waals surface area contributed by atoms with E-state index in [1.165, 1.54) is 31.4 Å². The molecule has 0 unspecified atom stereocenters. The maximum atomic E-state index is 14.1. The van der Waals surface area contributed by atoms with Gasteiger partial charge in [-0.2, -0.15) is 0 Å². The van der Waals surface area contributed by atoms with Crippen LogP contribution in [-0.2, 0) is 9.53 Å². The van der Waals surface area contributed by atoms with Crippen LogP contribution in [-0.4, -0.2) is 24.4 Å². The van der Waals surface area contributed by atoms with Gasteiger partial charge < -0.3 is 15.4 Å². The first-order valence-corrected chi connectivity index (χ1v) is 12.8. The lowest BCUT2D eigenvalue weighted by atomic mass is 9.49. The SMILES string of the molecule is CCOC(=O)c1c(NC(=O)C23CC4CC(CC(C4)C2)C3)sc(C(=O)Nc2ccccc2F)c1C. The number of carbonyl (C=O) groups excluding carboxylic acids is 3. The minimum atomic E-state index is -0.581. The number of benzene rings is 1. The molecule has 4 aliphatic rings. The van der Waals surface area contributed by atoms with Crippen molar-refractivity contribution >= 4 is 39.8 Å². The van der Waals surface area contributed by atoms with E-state index < -0.39 is 23.1 Å². The number of hydrogen-bond acceptors (Lipinski definition) is 5. The first kappa shape index (κ1) is 23.0. The molecule has 0 atom stereocenters. The van der Waals surface area contributed by atoms with Crippen LogP contribution in [0.15, 0.2) is 24.3 Å². The first-order valence-electron chi connectivity index (χ1n) is 12.0. The Morgan fingerprint density at radius 3 is 2.26 bits per heavy atom. The van der Waals surface area contributed by atoms with E-state index in [4.69, 9.17) is 4.74 Å². The summed E-state index contributed by atoms with van der Waals surface area (Å²) in [5, 5.41) is 5.92. The second-order valence-corrected chi connectivity index (χ2v) is 11.1. The van der Waals surface area contributed by atoms with E-state index in [0.29, 0.717) is 28.3 Å². The molecule has 4 bridgehead atoms. The van der Waals surface area contributed by atoms with Gasteiger partial charge in [0, 0.05) is 0 Å². The van der Waals surface area contributed by atoms with E-state index in [2.05, 4.69) is 10.6 Å². The highest BCUT2D eigenvalue weighted by atomic mass is 32.1. The molecular formula is C26H29FN2O4S. The Bertz CT molecular complexity index is 1120. The molecule has 2 amide bonds. The van der Waals surface area contributed by atoms with Crippen molar-refractivity contribution in [3.05, 3.63) is 46.1 Å². The molecule has 0 spiro atoms. The molecule has 1 heterocycles. The lowest BCUT2D eigenvalue weighted by Crippen LogP contribution is -2.51. The lowest BCUT2D eigenvalue weighted by molar-refractivity contribution is -0.140. The molecular weight excluding hydrogens is 455 g/mol. The molecule has 0 aliphatic heterocycles. The summed E-state index contributed by atoms with van der Waals surface area (Å²) in [6.45, 7) is 3.53. The molecule has 180 valence electrons. The topological polar surface area (TPSA) is 84.5 Å². The van der Waals surface area contributed by atoms with E-state index in [0.717, 1.165) is 30.6 Å². The first-order chi connectivity index (χ1) is 16.3. The predicted molar refractivity (Wildman–Crippen MR) is 129 cm³/mol. The van der Waals surface area contributed by atoms with Gasteiger partial charge in [0.15, 0.2) is 0 Å². The number of ether oxygens (including phenoxy) is 1. The van der Waals surface area contributed by atoms with Gasteiger partial charge in [-0.25, -0.2) is 9.18 Å². The van der Waals surface area contributed by atoms with Crippen LogP contribution in [0, 0.1) is 35.9 Å². The van der Waals surface area contributed by atoms with Crippen LogP contribution in [0.2, 0.25) is 0 Å². The number of hydrogen-bond donors (Lipinski definition) is 2. The zero-order valence-corrected chi connectivity index (χ0v) is 20.2. The molecule has 0 radical (unpaired) electrons. The predicted octanol–water partition coefficient (Wildman–Crippen LogP) is 5.78. The van der Waals surface area contributed by atoms with E-state index >= 15 is 0 Å². The molecule has 2 N–H and O–H groups in total. The summed E-state index contributed by atoms with van der Waals surface area (Å²) in [7, 11) is 0. The van der Waals surface area contributed by atoms with Gasteiger partial charge in [-0.15, -0.1) is 11.3 Å². The normalized spacial score (nSPS) is 26.9. The number of rotatable bonds is 6. The molecule has 4 saturated carbocycles. The van der Waals surface area contributed by atoms with Crippen molar-refractivity contribution < 1.29 is 23.5 Å². The summed E-state index contributed by atoms with van der Waals surface area (Å²) in [5.41, 5.74) is 0.271. The molecule has 0 saturated heterocycles. The Kier molecular flexibility index (Phi) is 5.96. The number of carbonyl (C=O) groups is 3. The highest BCUT2D eigenvalue weighted by Crippen LogP contribution is 2.60. The van der Waals surface area contributed by atoms with Gasteiger partial charge in [-0.05, 0) is 87.8 Å². The molecule has 8 heteroatoms. The van der Waals surface area contributed by atoms with Crippen molar-refractivity contribution in [1.82, 2.24) is 0 Å². The van der Waals surface area contributed by atoms with E-state index in [1.54, 1.807) is 26.0 Å². The fraction of sp³-hybridized carbons (Fsp3) is 0.500. The second kappa shape index (κ2) is 8.80. The molecule has 4 aliphatic carbocycles.